The minimum absolute atomic E-state index is 0.233. The van der Waals surface area contributed by atoms with Gasteiger partial charge in [-0.3, -0.25) is 0 Å². The molecule has 0 saturated heterocycles. The lowest BCUT2D eigenvalue weighted by Crippen LogP contribution is -2.08. The number of rotatable bonds is 5. The van der Waals surface area contributed by atoms with Gasteiger partial charge in [-0.1, -0.05) is 54.1 Å². The molecule has 0 aliphatic carbocycles. The van der Waals surface area contributed by atoms with Gasteiger partial charge in [0.15, 0.2) is 0 Å². The van der Waals surface area contributed by atoms with E-state index >= 15 is 0 Å². The highest BCUT2D eigenvalue weighted by Gasteiger charge is 2.32. The van der Waals surface area contributed by atoms with Crippen molar-refractivity contribution in [2.24, 2.45) is 0 Å². The maximum atomic E-state index is 13.4. The summed E-state index contributed by atoms with van der Waals surface area (Å²) in [7, 11) is 0. The molecule has 1 nitrogen and oxygen atoms in total. The Bertz CT molecular complexity index is 1440. The SMILES string of the molecule is Cc1cc(C(F)(F)F)ccc1-c1ccc(NCc2ccc(C(F)(F)F)cc2-c2ccccc2C)cc1Cl. The summed E-state index contributed by atoms with van der Waals surface area (Å²) >= 11 is 6.48. The van der Waals surface area contributed by atoms with Gasteiger partial charge in [-0.05, 0) is 83.6 Å². The number of hydrogen-bond acceptors (Lipinski definition) is 1. The third-order valence-electron chi connectivity index (χ3n) is 6.17. The van der Waals surface area contributed by atoms with Crippen LogP contribution in [-0.2, 0) is 18.9 Å². The molecular weight excluding hydrogens is 512 g/mol. The fourth-order valence-corrected chi connectivity index (χ4v) is 4.50. The molecule has 4 aromatic rings. The molecule has 1 N–H and O–H groups in total. The molecule has 0 saturated carbocycles. The Balaban J connectivity index is 1.62. The van der Waals surface area contributed by atoms with Crippen LogP contribution in [0.1, 0.15) is 27.8 Å². The second-order valence-corrected chi connectivity index (χ2v) is 9.17. The summed E-state index contributed by atoms with van der Waals surface area (Å²) < 4.78 is 79.3. The molecule has 0 aromatic heterocycles. The predicted molar refractivity (Wildman–Crippen MR) is 136 cm³/mol. The smallest absolute Gasteiger partial charge is 0.381 e. The summed E-state index contributed by atoms with van der Waals surface area (Å²) in [5.41, 5.74) is 3.45. The van der Waals surface area contributed by atoms with Gasteiger partial charge in [0.05, 0.1) is 16.1 Å². The van der Waals surface area contributed by atoms with Crippen molar-refractivity contribution in [3.63, 3.8) is 0 Å². The minimum atomic E-state index is -4.47. The molecule has 0 aliphatic rings. The highest BCUT2D eigenvalue weighted by molar-refractivity contribution is 6.33. The van der Waals surface area contributed by atoms with Crippen LogP contribution in [0.15, 0.2) is 78.9 Å². The van der Waals surface area contributed by atoms with E-state index in [1.165, 1.54) is 12.1 Å². The number of benzene rings is 4. The molecule has 0 atom stereocenters. The van der Waals surface area contributed by atoms with Crippen molar-refractivity contribution < 1.29 is 26.3 Å². The van der Waals surface area contributed by atoms with Crippen molar-refractivity contribution in [3.8, 4) is 22.3 Å². The molecule has 0 fully saturated rings. The molecule has 0 radical (unpaired) electrons. The Morgan fingerprint density at radius 1 is 0.622 bits per heavy atom. The van der Waals surface area contributed by atoms with E-state index in [-0.39, 0.29) is 6.54 Å². The normalized spacial score (nSPS) is 12.0. The monoisotopic (exact) mass is 533 g/mol. The van der Waals surface area contributed by atoms with Gasteiger partial charge in [0, 0.05) is 17.8 Å². The first-order valence-corrected chi connectivity index (χ1v) is 11.7. The second kappa shape index (κ2) is 10.1. The molecule has 4 aromatic carbocycles. The number of aryl methyl sites for hydroxylation is 2. The Hall–Kier alpha value is -3.45. The molecule has 4 rings (SSSR count). The van der Waals surface area contributed by atoms with Crippen LogP contribution in [0, 0.1) is 13.8 Å². The summed E-state index contributed by atoms with van der Waals surface area (Å²) in [5, 5.41) is 3.53. The summed E-state index contributed by atoms with van der Waals surface area (Å²) in [4.78, 5) is 0. The van der Waals surface area contributed by atoms with Crippen molar-refractivity contribution >= 4 is 17.3 Å². The molecule has 8 heteroatoms. The Labute approximate surface area is 215 Å². The van der Waals surface area contributed by atoms with Crippen molar-refractivity contribution in [1.29, 1.82) is 0 Å². The van der Waals surface area contributed by atoms with Gasteiger partial charge in [0.25, 0.3) is 0 Å². The zero-order valence-electron chi connectivity index (χ0n) is 19.9. The lowest BCUT2D eigenvalue weighted by atomic mass is 9.94. The van der Waals surface area contributed by atoms with Gasteiger partial charge in [-0.25, -0.2) is 0 Å². The van der Waals surface area contributed by atoms with E-state index in [4.69, 9.17) is 11.6 Å². The Kier molecular flexibility index (Phi) is 7.29. The summed E-state index contributed by atoms with van der Waals surface area (Å²) in [5.74, 6) is 0. The van der Waals surface area contributed by atoms with Gasteiger partial charge < -0.3 is 5.32 Å². The molecule has 37 heavy (non-hydrogen) atoms. The van der Waals surface area contributed by atoms with Crippen LogP contribution in [-0.4, -0.2) is 0 Å². The quantitative estimate of drug-likeness (QED) is 0.252. The fourth-order valence-electron chi connectivity index (χ4n) is 4.22. The van der Waals surface area contributed by atoms with Crippen molar-refractivity contribution in [2.75, 3.05) is 5.32 Å². The highest BCUT2D eigenvalue weighted by Crippen LogP contribution is 2.38. The second-order valence-electron chi connectivity index (χ2n) is 8.76. The van der Waals surface area contributed by atoms with Gasteiger partial charge in [0.1, 0.15) is 0 Å². The molecule has 0 unspecified atom stereocenters. The van der Waals surface area contributed by atoms with E-state index in [0.717, 1.165) is 29.8 Å². The average molecular weight is 534 g/mol. The molecule has 0 spiro atoms. The van der Waals surface area contributed by atoms with Crippen LogP contribution < -0.4 is 5.32 Å². The number of anilines is 1. The maximum Gasteiger partial charge on any atom is 0.416 e. The first-order valence-electron chi connectivity index (χ1n) is 11.3. The van der Waals surface area contributed by atoms with Gasteiger partial charge in [-0.2, -0.15) is 26.3 Å². The van der Waals surface area contributed by atoms with Crippen LogP contribution >= 0.6 is 11.6 Å². The fraction of sp³-hybridized carbons (Fsp3) is 0.172. The number of nitrogens with one attached hydrogen (secondary N) is 1. The molecular formula is C29H22ClF6N. The number of hydrogen-bond donors (Lipinski definition) is 1. The molecule has 0 bridgehead atoms. The zero-order valence-corrected chi connectivity index (χ0v) is 20.6. The molecule has 0 heterocycles. The zero-order chi connectivity index (χ0) is 27.0. The van der Waals surface area contributed by atoms with E-state index in [1.54, 1.807) is 37.3 Å². The molecule has 192 valence electrons. The van der Waals surface area contributed by atoms with Crippen molar-refractivity contribution in [3.05, 3.63) is 112 Å². The first kappa shape index (κ1) is 26.6. The van der Waals surface area contributed by atoms with Crippen LogP contribution in [0.5, 0.6) is 0 Å². The summed E-state index contributed by atoms with van der Waals surface area (Å²) in [6.07, 6.45) is -8.90. The largest absolute Gasteiger partial charge is 0.416 e. The van der Waals surface area contributed by atoms with Gasteiger partial charge >= 0.3 is 12.4 Å². The van der Waals surface area contributed by atoms with E-state index in [1.807, 2.05) is 19.1 Å². The van der Waals surface area contributed by atoms with Crippen molar-refractivity contribution in [1.82, 2.24) is 0 Å². The average Bonchev–Trinajstić information content (AvgIpc) is 2.82. The van der Waals surface area contributed by atoms with E-state index in [0.29, 0.717) is 44.1 Å². The van der Waals surface area contributed by atoms with Crippen LogP contribution in [0.2, 0.25) is 5.02 Å². The third-order valence-corrected chi connectivity index (χ3v) is 6.48. The predicted octanol–water partition coefficient (Wildman–Crippen LogP) is 9.94. The minimum Gasteiger partial charge on any atom is -0.381 e. The number of alkyl halides is 6. The van der Waals surface area contributed by atoms with Gasteiger partial charge in [-0.15, -0.1) is 0 Å². The topological polar surface area (TPSA) is 12.0 Å². The van der Waals surface area contributed by atoms with Crippen LogP contribution in [0.3, 0.4) is 0 Å². The number of halogens is 7. The first-order chi connectivity index (χ1) is 17.3. The highest BCUT2D eigenvalue weighted by atomic mass is 35.5. The Morgan fingerprint density at radius 2 is 1.22 bits per heavy atom. The van der Waals surface area contributed by atoms with E-state index in [2.05, 4.69) is 5.32 Å². The van der Waals surface area contributed by atoms with Gasteiger partial charge in [0.2, 0.25) is 0 Å². The van der Waals surface area contributed by atoms with Crippen LogP contribution in [0.4, 0.5) is 32.0 Å². The summed E-state index contributed by atoms with van der Waals surface area (Å²) in [6.45, 7) is 3.66. The van der Waals surface area contributed by atoms with Crippen molar-refractivity contribution in [2.45, 2.75) is 32.7 Å². The lowest BCUT2D eigenvalue weighted by Gasteiger charge is -2.17. The lowest BCUT2D eigenvalue weighted by molar-refractivity contribution is -0.138. The summed E-state index contributed by atoms with van der Waals surface area (Å²) in [6, 6.07) is 19.5. The van der Waals surface area contributed by atoms with E-state index in [9.17, 15) is 26.3 Å². The van der Waals surface area contributed by atoms with Crippen LogP contribution in [0.25, 0.3) is 22.3 Å². The third kappa shape index (κ3) is 5.93. The van der Waals surface area contributed by atoms with E-state index < -0.39 is 23.5 Å². The Morgan fingerprint density at radius 3 is 1.84 bits per heavy atom. The maximum absolute atomic E-state index is 13.4. The standard InChI is InChI=1S/C29H22ClF6N/c1-17-5-3-4-6-23(17)26-14-21(29(34,35)36)8-7-19(26)16-37-22-10-12-25(27(30)15-22)24-11-9-20(13-18(24)2)28(31,32)33/h3-15,37H,16H2,1-2H3. The molecule has 0 amide bonds. The molecule has 0 aliphatic heterocycles.